The Bertz CT molecular complexity index is 416. The van der Waals surface area contributed by atoms with Gasteiger partial charge in [-0.2, -0.15) is 8.42 Å². The molecule has 0 radical (unpaired) electrons. The van der Waals surface area contributed by atoms with E-state index < -0.39 is 33.5 Å². The molecule has 0 heterocycles. The Labute approximate surface area is 134 Å². The highest BCUT2D eigenvalue weighted by atomic mass is 32.2. The Balaban J connectivity index is 3.97. The molecule has 0 aliphatic rings. The number of aliphatic hydroxyl groups excluding tert-OH is 1. The van der Waals surface area contributed by atoms with Crippen LogP contribution in [-0.4, -0.2) is 41.5 Å². The monoisotopic (exact) mass is 338 g/mol. The van der Waals surface area contributed by atoms with Gasteiger partial charge in [0.2, 0.25) is 0 Å². The highest BCUT2D eigenvalue weighted by Crippen LogP contribution is 2.20. The second-order valence-corrected chi connectivity index (χ2v) is 7.84. The molecule has 0 aliphatic carbocycles. The van der Waals surface area contributed by atoms with Crippen molar-refractivity contribution in [1.29, 1.82) is 0 Å². The smallest absolute Gasteiger partial charge is 0.306 e. The van der Waals surface area contributed by atoms with E-state index in [0.717, 1.165) is 19.3 Å². The quantitative estimate of drug-likeness (QED) is 0.322. The molecule has 0 aromatic heterocycles. The summed E-state index contributed by atoms with van der Waals surface area (Å²) >= 11 is 0. The summed E-state index contributed by atoms with van der Waals surface area (Å²) < 4.78 is 35.1. The Morgan fingerprint density at radius 1 is 1.18 bits per heavy atom. The third-order valence-corrected chi connectivity index (χ3v) is 4.16. The average molecular weight is 338 g/mol. The number of unbranched alkanes of at least 4 members (excludes halogenated alkanes) is 4. The second kappa shape index (κ2) is 10.2. The van der Waals surface area contributed by atoms with Crippen LogP contribution in [0, 0.1) is 0 Å². The molecule has 0 spiro atoms. The van der Waals surface area contributed by atoms with Crippen LogP contribution in [0.15, 0.2) is 0 Å². The van der Waals surface area contributed by atoms with Gasteiger partial charge >= 0.3 is 5.97 Å². The van der Waals surface area contributed by atoms with Gasteiger partial charge in [-0.1, -0.05) is 32.6 Å². The lowest BCUT2D eigenvalue weighted by Gasteiger charge is -2.25. The number of ether oxygens (including phenoxy) is 1. The molecular formula is C15H30O6S. The minimum Gasteiger partial charge on any atom is -0.460 e. The Hall–Kier alpha value is -0.660. The van der Waals surface area contributed by atoms with Gasteiger partial charge in [0.05, 0.1) is 6.10 Å². The number of carbonyl (C=O) groups is 1. The molecule has 7 heteroatoms. The first kappa shape index (κ1) is 21.3. The number of carbonyl (C=O) groups excluding carboxylic acids is 1. The molecule has 6 nitrogen and oxygen atoms in total. The number of rotatable bonds is 12. The zero-order chi connectivity index (χ0) is 17.2. The highest BCUT2D eigenvalue weighted by Gasteiger charge is 2.23. The third kappa shape index (κ3) is 13.0. The highest BCUT2D eigenvalue weighted by molar-refractivity contribution is 7.85. The lowest BCUT2D eigenvalue weighted by atomic mass is 9.99. The predicted molar refractivity (Wildman–Crippen MR) is 85.2 cm³/mol. The molecular weight excluding hydrogens is 308 g/mol. The number of hydrogen-bond acceptors (Lipinski definition) is 5. The summed E-state index contributed by atoms with van der Waals surface area (Å²) in [7, 11) is -4.23. The largest absolute Gasteiger partial charge is 0.460 e. The van der Waals surface area contributed by atoms with Crippen molar-refractivity contribution in [1.82, 2.24) is 0 Å². The van der Waals surface area contributed by atoms with Crippen LogP contribution in [0.1, 0.15) is 72.1 Å². The number of esters is 1. The van der Waals surface area contributed by atoms with Crippen LogP contribution in [0.5, 0.6) is 0 Å². The number of aliphatic hydroxyl groups is 1. The minimum atomic E-state index is -4.23. The first-order chi connectivity index (χ1) is 10.1. The van der Waals surface area contributed by atoms with E-state index in [2.05, 4.69) is 6.92 Å². The fourth-order valence-electron chi connectivity index (χ4n) is 2.18. The fourth-order valence-corrected chi connectivity index (χ4v) is 2.83. The van der Waals surface area contributed by atoms with Crippen LogP contribution in [0.2, 0.25) is 0 Å². The maximum absolute atomic E-state index is 11.7. The summed E-state index contributed by atoms with van der Waals surface area (Å²) in [5.74, 6) is -1.23. The Morgan fingerprint density at radius 2 is 1.77 bits per heavy atom. The van der Waals surface area contributed by atoms with Crippen molar-refractivity contribution in [3.8, 4) is 0 Å². The van der Waals surface area contributed by atoms with Crippen LogP contribution in [0.4, 0.5) is 0 Å². The van der Waals surface area contributed by atoms with Crippen LogP contribution in [0.25, 0.3) is 0 Å². The van der Waals surface area contributed by atoms with Gasteiger partial charge in [0.1, 0.15) is 11.4 Å². The van der Waals surface area contributed by atoms with Gasteiger partial charge < -0.3 is 9.84 Å². The van der Waals surface area contributed by atoms with E-state index in [-0.39, 0.29) is 12.8 Å². The van der Waals surface area contributed by atoms with Crippen molar-refractivity contribution in [2.24, 2.45) is 0 Å². The summed E-state index contributed by atoms with van der Waals surface area (Å²) in [6.07, 6.45) is 5.07. The predicted octanol–water partition coefficient (Wildman–Crippen LogP) is 2.70. The fraction of sp³-hybridized carbons (Fsp3) is 0.933. The summed E-state index contributed by atoms with van der Waals surface area (Å²) in [5.41, 5.74) is -0.558. The normalized spacial score (nSPS) is 13.9. The zero-order valence-corrected chi connectivity index (χ0v) is 14.7. The third-order valence-electron chi connectivity index (χ3n) is 3.36. The van der Waals surface area contributed by atoms with E-state index >= 15 is 0 Å². The molecule has 0 amide bonds. The van der Waals surface area contributed by atoms with Crippen molar-refractivity contribution < 1.29 is 27.6 Å². The first-order valence-electron chi connectivity index (χ1n) is 7.91. The topological polar surface area (TPSA) is 101 Å². The summed E-state index contributed by atoms with van der Waals surface area (Å²) in [4.78, 5) is 11.7. The molecule has 0 aromatic rings. The van der Waals surface area contributed by atoms with Crippen molar-refractivity contribution in [2.75, 3.05) is 5.75 Å². The first-order valence-corrected chi connectivity index (χ1v) is 9.52. The number of hydrogen-bond donors (Lipinski definition) is 2. The molecule has 0 aliphatic heterocycles. The minimum absolute atomic E-state index is 0.0504. The van der Waals surface area contributed by atoms with Gasteiger partial charge in [0.25, 0.3) is 10.1 Å². The van der Waals surface area contributed by atoms with E-state index in [1.807, 2.05) is 13.8 Å². The molecule has 0 saturated heterocycles. The lowest BCUT2D eigenvalue weighted by molar-refractivity contribution is -0.157. The maximum Gasteiger partial charge on any atom is 0.306 e. The van der Waals surface area contributed by atoms with E-state index in [4.69, 9.17) is 9.29 Å². The van der Waals surface area contributed by atoms with E-state index in [1.165, 1.54) is 19.3 Å². The van der Waals surface area contributed by atoms with Crippen molar-refractivity contribution in [3.05, 3.63) is 0 Å². The molecule has 0 bridgehead atoms. The molecule has 0 fully saturated rings. The van der Waals surface area contributed by atoms with Crippen LogP contribution < -0.4 is 0 Å². The Morgan fingerprint density at radius 3 is 2.32 bits per heavy atom. The summed E-state index contributed by atoms with van der Waals surface area (Å²) in [6.45, 7) is 5.85. The van der Waals surface area contributed by atoms with Crippen LogP contribution >= 0.6 is 0 Å². The molecule has 0 saturated carbocycles. The van der Waals surface area contributed by atoms with Gasteiger partial charge in [-0.15, -0.1) is 0 Å². The van der Waals surface area contributed by atoms with Gasteiger partial charge in [-0.25, -0.2) is 0 Å². The lowest BCUT2D eigenvalue weighted by Crippen LogP contribution is -2.29. The van der Waals surface area contributed by atoms with Gasteiger partial charge in [0, 0.05) is 6.42 Å². The molecule has 132 valence electrons. The Kier molecular flexibility index (Phi) is 9.87. The van der Waals surface area contributed by atoms with E-state index in [0.29, 0.717) is 0 Å². The van der Waals surface area contributed by atoms with Crippen LogP contribution in [0.3, 0.4) is 0 Å². The van der Waals surface area contributed by atoms with E-state index in [9.17, 15) is 18.3 Å². The standard InChI is InChI=1S/C15H30O6S/c1-4-5-6-7-8-11-15(2,3)21-14(17)10-9-13(16)12-22(18,19)20/h13,16H,4-12H2,1-3H3,(H,18,19,20). The second-order valence-electron chi connectivity index (χ2n) is 6.34. The summed E-state index contributed by atoms with van der Waals surface area (Å²) in [6, 6.07) is 0. The molecule has 0 aromatic carbocycles. The SMILES string of the molecule is CCCCCCCC(C)(C)OC(=O)CCC(O)CS(=O)(=O)O. The molecule has 1 atom stereocenters. The van der Waals surface area contributed by atoms with Gasteiger partial charge in [0.15, 0.2) is 0 Å². The molecule has 2 N–H and O–H groups in total. The van der Waals surface area contributed by atoms with Crippen LogP contribution in [-0.2, 0) is 19.6 Å². The van der Waals surface area contributed by atoms with Gasteiger partial charge in [-0.05, 0) is 33.1 Å². The van der Waals surface area contributed by atoms with Crippen molar-refractivity contribution in [3.63, 3.8) is 0 Å². The van der Waals surface area contributed by atoms with Crippen molar-refractivity contribution >= 4 is 16.1 Å². The maximum atomic E-state index is 11.7. The van der Waals surface area contributed by atoms with E-state index in [1.54, 1.807) is 0 Å². The van der Waals surface area contributed by atoms with Gasteiger partial charge in [-0.3, -0.25) is 9.35 Å². The molecule has 0 rings (SSSR count). The summed E-state index contributed by atoms with van der Waals surface area (Å²) in [5, 5.41) is 9.41. The van der Waals surface area contributed by atoms with Crippen molar-refractivity contribution in [2.45, 2.75) is 83.8 Å². The molecule has 22 heavy (non-hydrogen) atoms. The molecule has 1 unspecified atom stereocenters. The average Bonchev–Trinajstić information content (AvgIpc) is 2.33. The zero-order valence-electron chi connectivity index (χ0n) is 13.9.